The Morgan fingerprint density at radius 2 is 2.00 bits per heavy atom. The van der Waals surface area contributed by atoms with Crippen LogP contribution in [0.1, 0.15) is 25.8 Å². The van der Waals surface area contributed by atoms with Gasteiger partial charge < -0.3 is 10.0 Å². The van der Waals surface area contributed by atoms with Crippen LogP contribution in [0, 0.1) is 17.2 Å². The summed E-state index contributed by atoms with van der Waals surface area (Å²) in [5.41, 5.74) is 0.957. The molecular weight excluding hydrogens is 256 g/mol. The summed E-state index contributed by atoms with van der Waals surface area (Å²) < 4.78 is 0. The Morgan fingerprint density at radius 3 is 2.45 bits per heavy atom. The molecule has 5 nitrogen and oxygen atoms in total. The molecular formula is C15H16N2O3. The predicted octanol–water partition coefficient (Wildman–Crippen LogP) is 1.93. The molecule has 5 heteroatoms. The van der Waals surface area contributed by atoms with Gasteiger partial charge in [0.2, 0.25) is 5.91 Å². The summed E-state index contributed by atoms with van der Waals surface area (Å²) in [5, 5.41) is 18.0. The van der Waals surface area contributed by atoms with Crippen molar-refractivity contribution in [2.75, 3.05) is 11.4 Å². The van der Waals surface area contributed by atoms with Gasteiger partial charge in [0.15, 0.2) is 0 Å². The molecule has 1 saturated heterocycles. The minimum atomic E-state index is -0.942. The lowest BCUT2D eigenvalue weighted by Crippen LogP contribution is -2.26. The number of carboxylic acid groups (broad SMARTS) is 1. The molecule has 1 aromatic rings. The first-order valence-corrected chi connectivity index (χ1v) is 6.40. The van der Waals surface area contributed by atoms with E-state index in [2.05, 4.69) is 6.07 Å². The molecule has 104 valence electrons. The van der Waals surface area contributed by atoms with Crippen molar-refractivity contribution in [2.45, 2.75) is 25.7 Å². The Bertz CT molecular complexity index is 584. The van der Waals surface area contributed by atoms with E-state index in [1.165, 1.54) is 4.90 Å². The third-order valence-electron chi connectivity index (χ3n) is 3.65. The van der Waals surface area contributed by atoms with E-state index < -0.39 is 17.3 Å². The highest BCUT2D eigenvalue weighted by atomic mass is 16.4. The third kappa shape index (κ3) is 2.50. The minimum Gasteiger partial charge on any atom is -0.481 e. The molecule has 0 bridgehead atoms. The monoisotopic (exact) mass is 272 g/mol. The number of benzene rings is 1. The van der Waals surface area contributed by atoms with Crippen molar-refractivity contribution >= 4 is 17.6 Å². The van der Waals surface area contributed by atoms with Crippen molar-refractivity contribution in [2.24, 2.45) is 5.92 Å². The van der Waals surface area contributed by atoms with E-state index in [4.69, 9.17) is 10.4 Å². The second-order valence-corrected chi connectivity index (χ2v) is 5.53. The fourth-order valence-corrected chi connectivity index (χ4v) is 2.25. The van der Waals surface area contributed by atoms with E-state index in [9.17, 15) is 9.59 Å². The van der Waals surface area contributed by atoms with Crippen LogP contribution in [-0.4, -0.2) is 23.5 Å². The lowest BCUT2D eigenvalue weighted by atomic mass is 9.86. The Balaban J connectivity index is 2.22. The molecule has 1 fully saturated rings. The molecule has 0 aromatic heterocycles. The van der Waals surface area contributed by atoms with E-state index in [-0.39, 0.29) is 18.9 Å². The molecule has 1 unspecified atom stereocenters. The fourth-order valence-electron chi connectivity index (χ4n) is 2.25. The van der Waals surface area contributed by atoms with Crippen molar-refractivity contribution in [3.63, 3.8) is 0 Å². The highest BCUT2D eigenvalue weighted by Crippen LogP contribution is 2.28. The van der Waals surface area contributed by atoms with Gasteiger partial charge in [-0.25, -0.2) is 0 Å². The van der Waals surface area contributed by atoms with Gasteiger partial charge in [-0.2, -0.15) is 5.26 Å². The molecule has 0 radical (unpaired) electrons. The van der Waals surface area contributed by atoms with E-state index in [1.54, 1.807) is 24.3 Å². The Morgan fingerprint density at radius 1 is 1.40 bits per heavy atom. The summed E-state index contributed by atoms with van der Waals surface area (Å²) in [5.74, 6) is -1.76. The van der Waals surface area contributed by atoms with Crippen LogP contribution in [0.2, 0.25) is 0 Å². The highest BCUT2D eigenvalue weighted by Gasteiger charge is 2.35. The lowest BCUT2D eigenvalue weighted by Gasteiger charge is -2.19. The first-order chi connectivity index (χ1) is 9.35. The number of hydrogen-bond acceptors (Lipinski definition) is 3. The number of nitrogens with zero attached hydrogens (tertiary/aromatic N) is 2. The summed E-state index contributed by atoms with van der Waals surface area (Å²) in [7, 11) is 0. The summed E-state index contributed by atoms with van der Waals surface area (Å²) in [6, 6.07) is 9.35. The number of nitriles is 1. The average molecular weight is 272 g/mol. The average Bonchev–Trinajstić information content (AvgIpc) is 2.81. The Labute approximate surface area is 117 Å². The maximum absolute atomic E-state index is 11.8. The van der Waals surface area contributed by atoms with Gasteiger partial charge in [-0.05, 0) is 31.5 Å². The van der Waals surface area contributed by atoms with Crippen LogP contribution < -0.4 is 4.90 Å². The van der Waals surface area contributed by atoms with Gasteiger partial charge in [0, 0.05) is 18.7 Å². The zero-order chi connectivity index (χ0) is 14.9. The van der Waals surface area contributed by atoms with Crippen molar-refractivity contribution in [1.29, 1.82) is 5.26 Å². The molecule has 2 rings (SSSR count). The number of rotatable bonds is 3. The molecule has 1 aliphatic rings. The standard InChI is InChI=1S/C15H16N2O3/c1-15(2,9-16)11-3-5-12(6-4-11)17-8-10(14(19)20)7-13(17)18/h3-6,10H,7-8H2,1-2H3,(H,19,20). The number of aliphatic carboxylic acids is 1. The highest BCUT2D eigenvalue weighted by molar-refractivity contribution is 5.99. The zero-order valence-electron chi connectivity index (χ0n) is 11.5. The first kappa shape index (κ1) is 14.1. The Hall–Kier alpha value is -2.35. The molecule has 0 spiro atoms. The zero-order valence-corrected chi connectivity index (χ0v) is 11.5. The van der Waals surface area contributed by atoms with Crippen molar-refractivity contribution in [3.05, 3.63) is 29.8 Å². The normalized spacial score (nSPS) is 18.9. The molecule has 1 N–H and O–H groups in total. The van der Waals surface area contributed by atoms with Gasteiger partial charge in [0.25, 0.3) is 0 Å². The van der Waals surface area contributed by atoms with Crippen LogP contribution in [0.5, 0.6) is 0 Å². The number of carbonyl (C=O) groups is 2. The number of carbonyl (C=O) groups excluding carboxylic acids is 1. The summed E-state index contributed by atoms with van der Waals surface area (Å²) in [4.78, 5) is 24.3. The smallest absolute Gasteiger partial charge is 0.308 e. The van der Waals surface area contributed by atoms with Crippen LogP contribution in [0.4, 0.5) is 5.69 Å². The molecule has 1 heterocycles. The molecule has 1 aromatic carbocycles. The number of amides is 1. The van der Waals surface area contributed by atoms with Gasteiger partial charge in [0.1, 0.15) is 0 Å². The number of hydrogen-bond donors (Lipinski definition) is 1. The predicted molar refractivity (Wildman–Crippen MR) is 73.2 cm³/mol. The minimum absolute atomic E-state index is 0.0424. The molecule has 0 aliphatic carbocycles. The second kappa shape index (κ2) is 4.97. The van der Waals surface area contributed by atoms with Crippen LogP contribution >= 0.6 is 0 Å². The SMILES string of the molecule is CC(C)(C#N)c1ccc(N2CC(C(=O)O)CC2=O)cc1. The third-order valence-corrected chi connectivity index (χ3v) is 3.65. The van der Waals surface area contributed by atoms with E-state index in [1.807, 2.05) is 13.8 Å². The van der Waals surface area contributed by atoms with Crippen LogP contribution in [0.25, 0.3) is 0 Å². The van der Waals surface area contributed by atoms with Crippen LogP contribution in [0.15, 0.2) is 24.3 Å². The molecule has 1 aliphatic heterocycles. The summed E-state index contributed by atoms with van der Waals surface area (Å²) in [6.45, 7) is 3.85. The van der Waals surface area contributed by atoms with E-state index in [0.29, 0.717) is 5.69 Å². The van der Waals surface area contributed by atoms with Gasteiger partial charge >= 0.3 is 5.97 Å². The van der Waals surface area contributed by atoms with Gasteiger partial charge in [0.05, 0.1) is 17.4 Å². The van der Waals surface area contributed by atoms with Crippen molar-refractivity contribution in [3.8, 4) is 6.07 Å². The van der Waals surface area contributed by atoms with E-state index in [0.717, 1.165) is 5.56 Å². The molecule has 1 atom stereocenters. The van der Waals surface area contributed by atoms with Gasteiger partial charge in [-0.3, -0.25) is 9.59 Å². The maximum atomic E-state index is 11.8. The summed E-state index contributed by atoms with van der Waals surface area (Å²) >= 11 is 0. The number of anilines is 1. The molecule has 0 saturated carbocycles. The molecule has 20 heavy (non-hydrogen) atoms. The first-order valence-electron chi connectivity index (χ1n) is 6.40. The van der Waals surface area contributed by atoms with E-state index >= 15 is 0 Å². The fraction of sp³-hybridized carbons (Fsp3) is 0.400. The largest absolute Gasteiger partial charge is 0.481 e. The van der Waals surface area contributed by atoms with Gasteiger partial charge in [-0.1, -0.05) is 12.1 Å². The quantitative estimate of drug-likeness (QED) is 0.911. The topological polar surface area (TPSA) is 81.4 Å². The number of carboxylic acids is 1. The Kier molecular flexibility index (Phi) is 3.49. The van der Waals surface area contributed by atoms with Crippen LogP contribution in [-0.2, 0) is 15.0 Å². The summed E-state index contributed by atoms with van der Waals surface area (Å²) in [6.07, 6.45) is 0.0424. The van der Waals surface area contributed by atoms with Crippen molar-refractivity contribution < 1.29 is 14.7 Å². The molecule has 1 amide bonds. The van der Waals surface area contributed by atoms with Gasteiger partial charge in [-0.15, -0.1) is 0 Å². The lowest BCUT2D eigenvalue weighted by molar-refractivity contribution is -0.141. The van der Waals surface area contributed by atoms with Crippen molar-refractivity contribution in [1.82, 2.24) is 0 Å². The second-order valence-electron chi connectivity index (χ2n) is 5.53. The van der Waals surface area contributed by atoms with Crippen LogP contribution in [0.3, 0.4) is 0 Å². The maximum Gasteiger partial charge on any atom is 0.308 e.